The van der Waals surface area contributed by atoms with Crippen molar-refractivity contribution in [2.45, 2.75) is 19.9 Å². The third-order valence-electron chi connectivity index (χ3n) is 1.44. The molecule has 1 rings (SSSR count). The van der Waals surface area contributed by atoms with Gasteiger partial charge in [-0.15, -0.1) is 11.3 Å². The number of rotatable bonds is 2. The zero-order valence-corrected chi connectivity index (χ0v) is 7.33. The van der Waals surface area contributed by atoms with Gasteiger partial charge in [0.2, 0.25) is 0 Å². The summed E-state index contributed by atoms with van der Waals surface area (Å²) in [5.74, 6) is 0. The number of nitrogens with zero attached hydrogens (tertiary/aromatic N) is 1. The third-order valence-corrected chi connectivity index (χ3v) is 2.59. The molecule has 2 nitrogen and oxygen atoms in total. The van der Waals surface area contributed by atoms with Gasteiger partial charge in [-0.2, -0.15) is 0 Å². The smallest absolute Gasteiger partial charge is 0.110 e. The fourth-order valence-corrected chi connectivity index (χ4v) is 1.56. The highest BCUT2D eigenvalue weighted by molar-refractivity contribution is 7.09. The number of hydrogen-bond donors (Lipinski definition) is 1. The maximum Gasteiger partial charge on any atom is 0.110 e. The molecule has 0 aliphatic rings. The molecule has 10 heavy (non-hydrogen) atoms. The molecule has 0 aliphatic carbocycles. The predicted octanol–water partition coefficient (Wildman–Crippen LogP) is 1.73. The van der Waals surface area contributed by atoms with Crippen molar-refractivity contribution in [3.8, 4) is 0 Å². The zero-order valence-electron chi connectivity index (χ0n) is 6.51. The maximum atomic E-state index is 4.34. The Bertz CT molecular complexity index is 207. The number of nitrogens with one attached hydrogen (secondary N) is 1. The van der Waals surface area contributed by atoms with Gasteiger partial charge in [0.15, 0.2) is 0 Å². The lowest BCUT2D eigenvalue weighted by Crippen LogP contribution is -2.11. The maximum absolute atomic E-state index is 4.34. The van der Waals surface area contributed by atoms with Gasteiger partial charge in [0.05, 0.1) is 6.04 Å². The summed E-state index contributed by atoms with van der Waals surface area (Å²) >= 11 is 1.71. The molecule has 0 aliphatic heterocycles. The SMILES string of the molecule is CNC(C)c1nc(C)cs1. The van der Waals surface area contributed by atoms with Crippen LogP contribution in [0.2, 0.25) is 0 Å². The highest BCUT2D eigenvalue weighted by Gasteiger charge is 2.04. The topological polar surface area (TPSA) is 24.9 Å². The fourth-order valence-electron chi connectivity index (χ4n) is 0.695. The van der Waals surface area contributed by atoms with E-state index in [4.69, 9.17) is 0 Å². The Morgan fingerprint density at radius 1 is 1.70 bits per heavy atom. The molecule has 56 valence electrons. The largest absolute Gasteiger partial charge is 0.311 e. The Balaban J connectivity index is 2.74. The fraction of sp³-hybridized carbons (Fsp3) is 0.571. The van der Waals surface area contributed by atoms with Crippen LogP contribution in [-0.2, 0) is 0 Å². The normalized spacial score (nSPS) is 13.5. The molecule has 0 bridgehead atoms. The van der Waals surface area contributed by atoms with Crippen molar-refractivity contribution in [3.63, 3.8) is 0 Å². The van der Waals surface area contributed by atoms with Gasteiger partial charge in [-0.1, -0.05) is 0 Å². The van der Waals surface area contributed by atoms with Crippen molar-refractivity contribution < 1.29 is 0 Å². The Labute approximate surface area is 65.3 Å². The summed E-state index contributed by atoms with van der Waals surface area (Å²) in [5.41, 5.74) is 1.11. The monoisotopic (exact) mass is 156 g/mol. The van der Waals surface area contributed by atoms with Crippen molar-refractivity contribution >= 4 is 11.3 Å². The van der Waals surface area contributed by atoms with Gasteiger partial charge in [-0.05, 0) is 20.9 Å². The minimum Gasteiger partial charge on any atom is -0.311 e. The Morgan fingerprint density at radius 3 is 2.80 bits per heavy atom. The molecule has 1 aromatic heterocycles. The van der Waals surface area contributed by atoms with Crippen molar-refractivity contribution in [2.75, 3.05) is 7.05 Å². The molecule has 0 spiro atoms. The van der Waals surface area contributed by atoms with E-state index in [1.807, 2.05) is 14.0 Å². The number of hydrogen-bond acceptors (Lipinski definition) is 3. The molecular formula is C7H12N2S. The molecule has 0 saturated heterocycles. The first-order chi connectivity index (χ1) is 4.74. The van der Waals surface area contributed by atoms with Crippen LogP contribution in [-0.4, -0.2) is 12.0 Å². The molecular weight excluding hydrogens is 144 g/mol. The molecule has 1 atom stereocenters. The summed E-state index contributed by atoms with van der Waals surface area (Å²) in [6, 6.07) is 0.388. The second kappa shape index (κ2) is 3.12. The van der Waals surface area contributed by atoms with Gasteiger partial charge in [0.25, 0.3) is 0 Å². The quantitative estimate of drug-likeness (QED) is 0.705. The lowest BCUT2D eigenvalue weighted by atomic mass is 10.4. The van der Waals surface area contributed by atoms with Crippen LogP contribution in [0.15, 0.2) is 5.38 Å². The summed E-state index contributed by atoms with van der Waals surface area (Å²) in [6.45, 7) is 4.13. The summed E-state index contributed by atoms with van der Waals surface area (Å²) in [7, 11) is 1.95. The molecule has 0 aromatic carbocycles. The zero-order chi connectivity index (χ0) is 7.56. The van der Waals surface area contributed by atoms with E-state index in [1.165, 1.54) is 5.01 Å². The van der Waals surface area contributed by atoms with Gasteiger partial charge >= 0.3 is 0 Å². The van der Waals surface area contributed by atoms with E-state index >= 15 is 0 Å². The second-order valence-electron chi connectivity index (χ2n) is 2.34. The molecule has 3 heteroatoms. The van der Waals surface area contributed by atoms with Gasteiger partial charge in [-0.3, -0.25) is 0 Å². The van der Waals surface area contributed by atoms with E-state index < -0.39 is 0 Å². The van der Waals surface area contributed by atoms with Crippen LogP contribution in [0.4, 0.5) is 0 Å². The van der Waals surface area contributed by atoms with Gasteiger partial charge < -0.3 is 5.32 Å². The van der Waals surface area contributed by atoms with Crippen LogP contribution >= 0.6 is 11.3 Å². The van der Waals surface area contributed by atoms with Gasteiger partial charge in [0, 0.05) is 11.1 Å². The summed E-state index contributed by atoms with van der Waals surface area (Å²) in [5, 5.41) is 6.38. The first kappa shape index (κ1) is 7.69. The van der Waals surface area contributed by atoms with Crippen LogP contribution in [0.3, 0.4) is 0 Å². The van der Waals surface area contributed by atoms with E-state index in [0.29, 0.717) is 6.04 Å². The van der Waals surface area contributed by atoms with E-state index in [9.17, 15) is 0 Å². The van der Waals surface area contributed by atoms with E-state index in [2.05, 4.69) is 22.6 Å². The summed E-state index contributed by atoms with van der Waals surface area (Å²) < 4.78 is 0. The molecule has 0 saturated carbocycles. The molecule has 0 amide bonds. The van der Waals surface area contributed by atoms with Crippen LogP contribution in [0.5, 0.6) is 0 Å². The Morgan fingerprint density at radius 2 is 2.40 bits per heavy atom. The predicted molar refractivity (Wildman–Crippen MR) is 44.3 cm³/mol. The molecule has 1 unspecified atom stereocenters. The van der Waals surface area contributed by atoms with E-state index in [1.54, 1.807) is 11.3 Å². The number of thiazole rings is 1. The van der Waals surface area contributed by atoms with Crippen molar-refractivity contribution in [3.05, 3.63) is 16.1 Å². The Kier molecular flexibility index (Phi) is 2.40. The third kappa shape index (κ3) is 1.55. The lowest BCUT2D eigenvalue weighted by molar-refractivity contribution is 0.646. The van der Waals surface area contributed by atoms with E-state index in [0.717, 1.165) is 5.69 Å². The van der Waals surface area contributed by atoms with Crippen LogP contribution in [0.25, 0.3) is 0 Å². The molecule has 0 radical (unpaired) electrons. The highest BCUT2D eigenvalue weighted by Crippen LogP contribution is 2.16. The van der Waals surface area contributed by atoms with E-state index in [-0.39, 0.29) is 0 Å². The van der Waals surface area contributed by atoms with Crippen molar-refractivity contribution in [1.29, 1.82) is 0 Å². The summed E-state index contributed by atoms with van der Waals surface area (Å²) in [4.78, 5) is 4.34. The molecule has 1 aromatic rings. The van der Waals surface area contributed by atoms with Crippen LogP contribution in [0.1, 0.15) is 23.7 Å². The molecule has 0 fully saturated rings. The van der Waals surface area contributed by atoms with Crippen molar-refractivity contribution in [2.24, 2.45) is 0 Å². The Hall–Kier alpha value is -0.410. The average molecular weight is 156 g/mol. The highest BCUT2D eigenvalue weighted by atomic mass is 32.1. The number of aryl methyl sites for hydroxylation is 1. The van der Waals surface area contributed by atoms with Crippen LogP contribution < -0.4 is 5.32 Å². The average Bonchev–Trinajstić information content (AvgIpc) is 2.34. The minimum atomic E-state index is 0.388. The minimum absolute atomic E-state index is 0.388. The second-order valence-corrected chi connectivity index (χ2v) is 3.23. The van der Waals surface area contributed by atoms with Gasteiger partial charge in [-0.25, -0.2) is 4.98 Å². The first-order valence-electron chi connectivity index (χ1n) is 3.33. The summed E-state index contributed by atoms with van der Waals surface area (Å²) in [6.07, 6.45) is 0. The first-order valence-corrected chi connectivity index (χ1v) is 4.21. The lowest BCUT2D eigenvalue weighted by Gasteiger charge is -2.03. The van der Waals surface area contributed by atoms with Crippen molar-refractivity contribution in [1.82, 2.24) is 10.3 Å². The number of aromatic nitrogens is 1. The molecule has 1 heterocycles. The standard InChI is InChI=1S/C7H12N2S/c1-5-4-10-7(9-5)6(2)8-3/h4,6,8H,1-3H3. The van der Waals surface area contributed by atoms with Gasteiger partial charge in [0.1, 0.15) is 5.01 Å². The molecule has 1 N–H and O–H groups in total. The van der Waals surface area contributed by atoms with Crippen LogP contribution in [0, 0.1) is 6.92 Å².